The van der Waals surface area contributed by atoms with Gasteiger partial charge in [-0.2, -0.15) is 0 Å². The molecule has 7 heteroatoms. The normalized spacial score (nSPS) is 12.1. The maximum Gasteiger partial charge on any atom is 0.330 e. The highest BCUT2D eigenvalue weighted by atomic mass is 16.2. The predicted octanol–water partition coefficient (Wildman–Crippen LogP) is 2.67. The minimum atomic E-state index is -0.714. The van der Waals surface area contributed by atoms with Crippen LogP contribution in [0.15, 0.2) is 71.7 Å². The molecular weight excluding hydrogens is 366 g/mol. The van der Waals surface area contributed by atoms with Crippen LogP contribution in [0.2, 0.25) is 0 Å². The Morgan fingerprint density at radius 3 is 2.41 bits per heavy atom. The van der Waals surface area contributed by atoms with Gasteiger partial charge in [0.25, 0.3) is 0 Å². The number of benzene rings is 2. The number of imidazole rings is 1. The maximum absolute atomic E-state index is 12.8. The van der Waals surface area contributed by atoms with Crippen molar-refractivity contribution in [2.45, 2.75) is 19.5 Å². The first-order valence-corrected chi connectivity index (χ1v) is 9.37. The van der Waals surface area contributed by atoms with E-state index in [9.17, 15) is 9.59 Å². The van der Waals surface area contributed by atoms with E-state index in [4.69, 9.17) is 0 Å². The lowest BCUT2D eigenvalue weighted by molar-refractivity contribution is -0.124. The number of nitrogens with zero attached hydrogens (tertiary/aromatic N) is 4. The van der Waals surface area contributed by atoms with Gasteiger partial charge in [-0.15, -0.1) is 0 Å². The number of amides is 1. The summed E-state index contributed by atoms with van der Waals surface area (Å²) in [5.74, 6) is 0.262. The van der Waals surface area contributed by atoms with Crippen molar-refractivity contribution in [1.82, 2.24) is 24.4 Å². The summed E-state index contributed by atoms with van der Waals surface area (Å²) < 4.78 is 2.88. The summed E-state index contributed by atoms with van der Waals surface area (Å²) in [6.45, 7) is 2.10. The smallest absolute Gasteiger partial charge is 0.330 e. The molecule has 0 saturated carbocycles. The highest BCUT2D eigenvalue weighted by molar-refractivity contribution is 5.82. The number of fused-ring (bicyclic) bond motifs is 1. The van der Waals surface area contributed by atoms with E-state index < -0.39 is 6.04 Å². The number of hydrogen-bond acceptors (Lipinski definition) is 4. The van der Waals surface area contributed by atoms with Gasteiger partial charge in [-0.25, -0.2) is 14.8 Å². The molecule has 0 saturated heterocycles. The topological polar surface area (TPSA) is 81.8 Å². The Morgan fingerprint density at radius 2 is 1.72 bits per heavy atom. The second-order valence-electron chi connectivity index (χ2n) is 6.86. The van der Waals surface area contributed by atoms with Crippen molar-refractivity contribution in [2.75, 3.05) is 0 Å². The summed E-state index contributed by atoms with van der Waals surface area (Å²) in [5.41, 5.74) is 2.55. The van der Waals surface area contributed by atoms with E-state index in [1.807, 2.05) is 60.7 Å². The monoisotopic (exact) mass is 387 g/mol. The van der Waals surface area contributed by atoms with Crippen LogP contribution in [0.3, 0.4) is 0 Å². The number of nitrogens with one attached hydrogen (secondary N) is 1. The van der Waals surface area contributed by atoms with Crippen molar-refractivity contribution in [2.24, 2.45) is 7.05 Å². The van der Waals surface area contributed by atoms with Gasteiger partial charge >= 0.3 is 5.69 Å². The number of rotatable bonds is 5. The molecule has 0 bridgehead atoms. The zero-order valence-corrected chi connectivity index (χ0v) is 16.2. The Kier molecular flexibility index (Phi) is 4.95. The van der Waals surface area contributed by atoms with Crippen molar-refractivity contribution >= 4 is 17.1 Å². The average Bonchev–Trinajstić information content (AvgIpc) is 3.02. The number of carbonyl (C=O) groups excluding carboxylic acids is 1. The van der Waals surface area contributed by atoms with E-state index in [1.165, 1.54) is 9.13 Å². The molecule has 29 heavy (non-hydrogen) atoms. The summed E-state index contributed by atoms with van der Waals surface area (Å²) in [5, 5.41) is 2.89. The zero-order valence-electron chi connectivity index (χ0n) is 16.2. The number of hydrogen-bond donors (Lipinski definition) is 1. The first-order chi connectivity index (χ1) is 14.1. The van der Waals surface area contributed by atoms with Crippen molar-refractivity contribution in [3.05, 3.63) is 82.9 Å². The van der Waals surface area contributed by atoms with Crippen molar-refractivity contribution < 1.29 is 4.79 Å². The molecule has 4 rings (SSSR count). The van der Waals surface area contributed by atoms with Gasteiger partial charge in [-0.3, -0.25) is 13.9 Å². The van der Waals surface area contributed by atoms with Gasteiger partial charge in [-0.05, 0) is 12.5 Å². The molecule has 2 heterocycles. The Labute approximate surface area is 167 Å². The minimum Gasteiger partial charge on any atom is -0.350 e. The summed E-state index contributed by atoms with van der Waals surface area (Å²) in [6.07, 6.45) is 1.62. The number of aryl methyl sites for hydroxylation is 1. The largest absolute Gasteiger partial charge is 0.350 e. The molecule has 0 aliphatic heterocycles. The third-order valence-electron chi connectivity index (χ3n) is 4.94. The van der Waals surface area contributed by atoms with Gasteiger partial charge < -0.3 is 5.32 Å². The molecule has 146 valence electrons. The SMILES string of the molecule is CC(C(=O)NCc1ccccc1)n1c(=O)n(C)c2cnc(-c3ccccc3)nc21. The number of carbonyl (C=O) groups is 1. The van der Waals surface area contributed by atoms with Crippen LogP contribution in [-0.2, 0) is 18.4 Å². The fourth-order valence-corrected chi connectivity index (χ4v) is 3.26. The molecule has 1 atom stereocenters. The van der Waals surface area contributed by atoms with Crippen LogP contribution < -0.4 is 11.0 Å². The van der Waals surface area contributed by atoms with Crippen molar-refractivity contribution in [1.29, 1.82) is 0 Å². The molecule has 1 amide bonds. The second kappa shape index (κ2) is 7.71. The zero-order chi connectivity index (χ0) is 20.4. The third-order valence-corrected chi connectivity index (χ3v) is 4.94. The molecule has 7 nitrogen and oxygen atoms in total. The van der Waals surface area contributed by atoms with Crippen molar-refractivity contribution in [3.8, 4) is 11.4 Å². The van der Waals surface area contributed by atoms with E-state index in [0.29, 0.717) is 23.5 Å². The highest BCUT2D eigenvalue weighted by Crippen LogP contribution is 2.19. The summed E-state index contributed by atoms with van der Waals surface area (Å²) in [6, 6.07) is 18.5. The van der Waals surface area contributed by atoms with Crippen LogP contribution in [0.1, 0.15) is 18.5 Å². The molecule has 0 aliphatic rings. The van der Waals surface area contributed by atoms with Crippen LogP contribution >= 0.6 is 0 Å². The van der Waals surface area contributed by atoms with Gasteiger partial charge in [-0.1, -0.05) is 60.7 Å². The van der Waals surface area contributed by atoms with Crippen LogP contribution in [0.25, 0.3) is 22.6 Å². The molecule has 4 aromatic rings. The second-order valence-corrected chi connectivity index (χ2v) is 6.86. The van der Waals surface area contributed by atoms with E-state index >= 15 is 0 Å². The molecule has 0 aliphatic carbocycles. The molecule has 0 fully saturated rings. The molecule has 0 radical (unpaired) electrons. The van der Waals surface area contributed by atoms with E-state index in [2.05, 4.69) is 15.3 Å². The molecule has 1 unspecified atom stereocenters. The Bertz CT molecular complexity index is 1210. The van der Waals surface area contributed by atoms with Crippen molar-refractivity contribution in [3.63, 3.8) is 0 Å². The Balaban J connectivity index is 1.69. The van der Waals surface area contributed by atoms with Gasteiger partial charge in [0.05, 0.1) is 6.20 Å². The molecule has 1 N–H and O–H groups in total. The van der Waals surface area contributed by atoms with Gasteiger partial charge in [0, 0.05) is 19.2 Å². The quantitative estimate of drug-likeness (QED) is 0.571. The predicted molar refractivity (Wildman–Crippen MR) is 111 cm³/mol. The molecule has 2 aromatic heterocycles. The van der Waals surface area contributed by atoms with Gasteiger partial charge in [0.15, 0.2) is 11.5 Å². The standard InChI is InChI=1S/C22H21N5O2/c1-15(21(28)24-13-16-9-5-3-6-10-16)27-20-18(26(2)22(27)29)14-23-19(25-20)17-11-7-4-8-12-17/h3-12,14-15H,13H2,1-2H3,(H,24,28). The Hall–Kier alpha value is -3.74. The van der Waals surface area contributed by atoms with Gasteiger partial charge in [0.2, 0.25) is 5.91 Å². The Morgan fingerprint density at radius 1 is 1.07 bits per heavy atom. The van der Waals surface area contributed by atoms with E-state index in [-0.39, 0.29) is 11.6 Å². The lowest BCUT2D eigenvalue weighted by Crippen LogP contribution is -2.35. The lowest BCUT2D eigenvalue weighted by Gasteiger charge is -2.14. The third kappa shape index (κ3) is 3.54. The van der Waals surface area contributed by atoms with E-state index in [1.54, 1.807) is 20.2 Å². The summed E-state index contributed by atoms with van der Waals surface area (Å²) in [4.78, 5) is 34.6. The van der Waals surface area contributed by atoms with E-state index in [0.717, 1.165) is 11.1 Å². The van der Waals surface area contributed by atoms with Crippen LogP contribution in [0, 0.1) is 0 Å². The molecular formula is C22H21N5O2. The van der Waals surface area contributed by atoms with Crippen LogP contribution in [0.5, 0.6) is 0 Å². The highest BCUT2D eigenvalue weighted by Gasteiger charge is 2.23. The lowest BCUT2D eigenvalue weighted by atomic mass is 10.2. The first kappa shape index (κ1) is 18.6. The fourth-order valence-electron chi connectivity index (χ4n) is 3.26. The molecule has 2 aromatic carbocycles. The summed E-state index contributed by atoms with van der Waals surface area (Å²) >= 11 is 0. The van der Waals surface area contributed by atoms with Crippen LogP contribution in [-0.4, -0.2) is 25.0 Å². The maximum atomic E-state index is 12.8. The fraction of sp³-hybridized carbons (Fsp3) is 0.182. The van der Waals surface area contributed by atoms with Gasteiger partial charge in [0.1, 0.15) is 11.6 Å². The molecule has 0 spiro atoms. The first-order valence-electron chi connectivity index (χ1n) is 9.37. The minimum absolute atomic E-state index is 0.247. The van der Waals surface area contributed by atoms with Crippen LogP contribution in [0.4, 0.5) is 0 Å². The average molecular weight is 387 g/mol. The number of aromatic nitrogens is 4. The summed E-state index contributed by atoms with van der Waals surface area (Å²) in [7, 11) is 1.65.